The standard InChI is InChI=1S/C22H26N2O4/c1-2-24(15-20(25)26)18-13-17(14-18)23-22(27)21(16-9-5-3-6-10-16)28-19-11-7-4-8-12-19/h3-12,17-18,21H,2,13-15H2,1H3,(H,23,27)(H,25,26). The lowest BCUT2D eigenvalue weighted by molar-refractivity contribution is -0.140. The zero-order valence-corrected chi connectivity index (χ0v) is 16.0. The number of carbonyl (C=O) groups excluding carboxylic acids is 1. The van der Waals surface area contributed by atoms with E-state index in [1.54, 1.807) is 0 Å². The molecule has 28 heavy (non-hydrogen) atoms. The Labute approximate surface area is 165 Å². The van der Waals surface area contributed by atoms with Crippen molar-refractivity contribution in [1.29, 1.82) is 0 Å². The number of carboxylic acids is 1. The van der Waals surface area contributed by atoms with Gasteiger partial charge >= 0.3 is 5.97 Å². The van der Waals surface area contributed by atoms with Crippen LogP contribution in [0, 0.1) is 0 Å². The Morgan fingerprint density at radius 3 is 2.29 bits per heavy atom. The second kappa shape index (κ2) is 9.37. The number of nitrogens with one attached hydrogen (secondary N) is 1. The van der Waals surface area contributed by atoms with Crippen molar-refractivity contribution in [2.24, 2.45) is 0 Å². The average Bonchev–Trinajstić information content (AvgIpc) is 2.68. The Bertz CT molecular complexity index is 776. The summed E-state index contributed by atoms with van der Waals surface area (Å²) < 4.78 is 5.98. The van der Waals surface area contributed by atoms with Crippen molar-refractivity contribution in [1.82, 2.24) is 10.2 Å². The van der Waals surface area contributed by atoms with Crippen molar-refractivity contribution < 1.29 is 19.4 Å². The number of hydrogen-bond donors (Lipinski definition) is 2. The predicted octanol–water partition coefficient (Wildman–Crippen LogP) is 2.86. The smallest absolute Gasteiger partial charge is 0.317 e. The van der Waals surface area contributed by atoms with Crippen LogP contribution in [0.1, 0.15) is 31.4 Å². The van der Waals surface area contributed by atoms with Crippen molar-refractivity contribution in [3.8, 4) is 5.75 Å². The molecule has 0 aliphatic heterocycles. The van der Waals surface area contributed by atoms with E-state index in [4.69, 9.17) is 9.84 Å². The minimum Gasteiger partial charge on any atom is -0.480 e. The first-order valence-electron chi connectivity index (χ1n) is 9.59. The Kier molecular flexibility index (Phi) is 6.66. The van der Waals surface area contributed by atoms with E-state index in [1.165, 1.54) is 0 Å². The quantitative estimate of drug-likeness (QED) is 0.697. The third-order valence-corrected chi connectivity index (χ3v) is 5.06. The first-order valence-corrected chi connectivity index (χ1v) is 9.59. The third kappa shape index (κ3) is 5.10. The summed E-state index contributed by atoms with van der Waals surface area (Å²) in [6.07, 6.45) is 0.767. The average molecular weight is 382 g/mol. The first-order chi connectivity index (χ1) is 13.6. The van der Waals surface area contributed by atoms with E-state index in [1.807, 2.05) is 72.5 Å². The highest BCUT2D eigenvalue weighted by Gasteiger charge is 2.36. The number of carboxylic acid groups (broad SMARTS) is 1. The van der Waals surface area contributed by atoms with Gasteiger partial charge < -0.3 is 15.2 Å². The van der Waals surface area contributed by atoms with Gasteiger partial charge in [0.1, 0.15) is 5.75 Å². The minimum absolute atomic E-state index is 0.0333. The van der Waals surface area contributed by atoms with E-state index >= 15 is 0 Å². The van der Waals surface area contributed by atoms with E-state index in [0.717, 1.165) is 18.4 Å². The fraction of sp³-hybridized carbons (Fsp3) is 0.364. The van der Waals surface area contributed by atoms with Gasteiger partial charge in [-0.3, -0.25) is 14.5 Å². The van der Waals surface area contributed by atoms with Crippen LogP contribution < -0.4 is 10.1 Å². The van der Waals surface area contributed by atoms with E-state index in [-0.39, 0.29) is 24.5 Å². The maximum Gasteiger partial charge on any atom is 0.317 e. The molecule has 1 atom stereocenters. The number of amides is 1. The van der Waals surface area contributed by atoms with Crippen LogP contribution in [-0.2, 0) is 9.59 Å². The van der Waals surface area contributed by atoms with Gasteiger partial charge in [0.15, 0.2) is 0 Å². The zero-order valence-electron chi connectivity index (χ0n) is 16.0. The van der Waals surface area contributed by atoms with Crippen molar-refractivity contribution in [3.05, 3.63) is 66.2 Å². The second-order valence-electron chi connectivity index (χ2n) is 7.01. The van der Waals surface area contributed by atoms with Gasteiger partial charge in [0.2, 0.25) is 6.10 Å². The molecule has 0 radical (unpaired) electrons. The largest absolute Gasteiger partial charge is 0.480 e. The lowest BCUT2D eigenvalue weighted by atomic mass is 9.85. The van der Waals surface area contributed by atoms with Crippen molar-refractivity contribution in [2.75, 3.05) is 13.1 Å². The second-order valence-corrected chi connectivity index (χ2v) is 7.01. The summed E-state index contributed by atoms with van der Waals surface area (Å²) in [6, 6.07) is 18.9. The van der Waals surface area contributed by atoms with Crippen LogP contribution in [0.3, 0.4) is 0 Å². The molecular formula is C22H26N2O4. The molecule has 1 aliphatic rings. The van der Waals surface area contributed by atoms with E-state index in [0.29, 0.717) is 12.3 Å². The summed E-state index contributed by atoms with van der Waals surface area (Å²) in [7, 11) is 0. The molecule has 0 heterocycles. The van der Waals surface area contributed by atoms with Crippen LogP contribution >= 0.6 is 0 Å². The molecule has 2 aromatic carbocycles. The van der Waals surface area contributed by atoms with Gasteiger partial charge in [0.25, 0.3) is 5.91 Å². The number of likely N-dealkylation sites (N-methyl/N-ethyl adjacent to an activating group) is 1. The lowest BCUT2D eigenvalue weighted by Gasteiger charge is -2.42. The number of hydrogen-bond acceptors (Lipinski definition) is 4. The molecular weight excluding hydrogens is 356 g/mol. The molecule has 6 nitrogen and oxygen atoms in total. The van der Waals surface area contributed by atoms with E-state index in [9.17, 15) is 9.59 Å². The zero-order chi connectivity index (χ0) is 19.9. The van der Waals surface area contributed by atoms with Crippen molar-refractivity contribution in [3.63, 3.8) is 0 Å². The van der Waals surface area contributed by atoms with Crippen LogP contribution in [-0.4, -0.2) is 47.1 Å². The van der Waals surface area contributed by atoms with Gasteiger partial charge in [-0.25, -0.2) is 0 Å². The highest BCUT2D eigenvalue weighted by Crippen LogP contribution is 2.28. The monoisotopic (exact) mass is 382 g/mol. The molecule has 2 aromatic rings. The van der Waals surface area contributed by atoms with Crippen LogP contribution in [0.25, 0.3) is 0 Å². The van der Waals surface area contributed by atoms with E-state index < -0.39 is 12.1 Å². The van der Waals surface area contributed by atoms with Crippen molar-refractivity contribution in [2.45, 2.75) is 38.0 Å². The summed E-state index contributed by atoms with van der Waals surface area (Å²) in [5, 5.41) is 12.1. The molecule has 6 heteroatoms. The topological polar surface area (TPSA) is 78.9 Å². The number of aliphatic carboxylic acids is 1. The fourth-order valence-electron chi connectivity index (χ4n) is 3.49. The number of nitrogens with zero attached hydrogens (tertiary/aromatic N) is 1. The Hall–Kier alpha value is -2.86. The first kappa shape index (κ1) is 19.9. The number of ether oxygens (including phenoxy) is 1. The Balaban J connectivity index is 1.62. The highest BCUT2D eigenvalue weighted by atomic mass is 16.5. The van der Waals surface area contributed by atoms with Crippen molar-refractivity contribution >= 4 is 11.9 Å². The summed E-state index contributed by atoms with van der Waals surface area (Å²) in [6.45, 7) is 2.67. The summed E-state index contributed by atoms with van der Waals surface area (Å²) in [4.78, 5) is 25.8. The summed E-state index contributed by atoms with van der Waals surface area (Å²) in [5.41, 5.74) is 0.792. The molecule has 148 valence electrons. The third-order valence-electron chi connectivity index (χ3n) is 5.06. The molecule has 2 N–H and O–H groups in total. The minimum atomic E-state index is -0.824. The van der Waals surface area contributed by atoms with Gasteiger partial charge in [0, 0.05) is 17.6 Å². The Morgan fingerprint density at radius 1 is 1.11 bits per heavy atom. The van der Waals surface area contributed by atoms with Crippen LogP contribution in [0.15, 0.2) is 60.7 Å². The maximum absolute atomic E-state index is 12.9. The van der Waals surface area contributed by atoms with Crippen LogP contribution in [0.2, 0.25) is 0 Å². The molecule has 1 amide bonds. The normalized spacial score (nSPS) is 19.5. The van der Waals surface area contributed by atoms with E-state index in [2.05, 4.69) is 5.32 Å². The molecule has 0 spiro atoms. The maximum atomic E-state index is 12.9. The van der Waals surface area contributed by atoms with Gasteiger partial charge in [-0.2, -0.15) is 0 Å². The van der Waals surface area contributed by atoms with Crippen LogP contribution in [0.5, 0.6) is 5.75 Å². The summed E-state index contributed by atoms with van der Waals surface area (Å²) >= 11 is 0. The van der Waals surface area contributed by atoms with Gasteiger partial charge in [-0.15, -0.1) is 0 Å². The predicted molar refractivity (Wildman–Crippen MR) is 106 cm³/mol. The molecule has 3 rings (SSSR count). The van der Waals surface area contributed by atoms with Gasteiger partial charge in [-0.05, 0) is 31.5 Å². The SMILES string of the molecule is CCN(CC(=O)O)C1CC(NC(=O)C(Oc2ccccc2)c2ccccc2)C1. The van der Waals surface area contributed by atoms with Crippen LogP contribution in [0.4, 0.5) is 0 Å². The molecule has 1 fully saturated rings. The number of benzene rings is 2. The lowest BCUT2D eigenvalue weighted by Crippen LogP contribution is -2.55. The van der Waals surface area contributed by atoms with Gasteiger partial charge in [-0.1, -0.05) is 55.5 Å². The number of rotatable bonds is 9. The molecule has 0 aromatic heterocycles. The fourth-order valence-corrected chi connectivity index (χ4v) is 3.49. The van der Waals surface area contributed by atoms with Gasteiger partial charge in [0.05, 0.1) is 6.54 Å². The number of carbonyl (C=O) groups is 2. The highest BCUT2D eigenvalue weighted by molar-refractivity contribution is 5.83. The molecule has 0 saturated heterocycles. The summed E-state index contributed by atoms with van der Waals surface area (Å²) in [5.74, 6) is -0.369. The molecule has 1 aliphatic carbocycles. The Morgan fingerprint density at radius 2 is 1.71 bits per heavy atom. The molecule has 0 bridgehead atoms. The molecule has 1 saturated carbocycles. The molecule has 1 unspecified atom stereocenters. The number of para-hydroxylation sites is 1.